The number of carbonyl (C=O) groups is 2. The monoisotopic (exact) mass is 500 g/mol. The van der Waals surface area contributed by atoms with Crippen LogP contribution in [0.1, 0.15) is 55.4 Å². The van der Waals surface area contributed by atoms with Gasteiger partial charge in [0.1, 0.15) is 16.7 Å². The topological polar surface area (TPSA) is 151 Å². The number of phenolic OH excluding ortho intramolecular Hbond substituents is 1. The second-order valence-corrected chi connectivity index (χ2v) is 9.39. The fourth-order valence-corrected chi connectivity index (χ4v) is 4.30. The van der Waals surface area contributed by atoms with Gasteiger partial charge in [0.25, 0.3) is 16.0 Å². The smallest absolute Gasteiger partial charge is 0.295 e. The third-order valence-corrected chi connectivity index (χ3v) is 6.32. The SMILES string of the molecule is CCCCCCC(C(=O)Nc1ccccc1O)n1cnc(NC(=O)c2ccccc2S(=O)(=O)O)c1. The Morgan fingerprint density at radius 3 is 2.46 bits per heavy atom. The Balaban J connectivity index is 1.80. The zero-order valence-corrected chi connectivity index (χ0v) is 20.0. The third kappa shape index (κ3) is 6.90. The standard InChI is InChI=1S/C24H28N4O6S/c1-2-3-4-5-12-19(24(31)26-18-11-7-8-13-20(18)29)28-15-22(25-16-28)27-23(30)17-10-6-9-14-21(17)35(32,33)34/h6-11,13-16,19,29H,2-5,12H2,1H3,(H,26,31)(H,27,30)(H,32,33,34). The first-order chi connectivity index (χ1) is 16.7. The number of rotatable bonds is 11. The molecule has 0 radical (unpaired) electrons. The van der Waals surface area contributed by atoms with E-state index < -0.39 is 27.0 Å². The number of amides is 2. The van der Waals surface area contributed by atoms with Gasteiger partial charge in [-0.15, -0.1) is 0 Å². The lowest BCUT2D eigenvalue weighted by Gasteiger charge is -2.18. The van der Waals surface area contributed by atoms with Crippen LogP contribution in [0, 0.1) is 0 Å². The van der Waals surface area contributed by atoms with E-state index in [1.165, 1.54) is 36.8 Å². The van der Waals surface area contributed by atoms with Crippen molar-refractivity contribution in [3.8, 4) is 5.75 Å². The van der Waals surface area contributed by atoms with Crippen molar-refractivity contribution >= 4 is 33.4 Å². The molecule has 186 valence electrons. The van der Waals surface area contributed by atoms with E-state index in [4.69, 9.17) is 0 Å². The van der Waals surface area contributed by atoms with Crippen LogP contribution in [-0.4, -0.2) is 39.4 Å². The van der Waals surface area contributed by atoms with Gasteiger partial charge in [-0.25, -0.2) is 4.98 Å². The molecule has 0 spiro atoms. The summed E-state index contributed by atoms with van der Waals surface area (Å²) in [6.07, 6.45) is 7.19. The summed E-state index contributed by atoms with van der Waals surface area (Å²) in [6.45, 7) is 2.09. The van der Waals surface area contributed by atoms with Gasteiger partial charge in [-0.3, -0.25) is 14.1 Å². The number of unbranched alkanes of at least 4 members (excludes halogenated alkanes) is 3. The highest BCUT2D eigenvalue weighted by molar-refractivity contribution is 7.86. The van der Waals surface area contributed by atoms with Crippen LogP contribution in [0.25, 0.3) is 0 Å². The number of aromatic hydroxyl groups is 1. The molecular formula is C24H28N4O6S. The predicted octanol–water partition coefficient (Wildman–Crippen LogP) is 4.24. The van der Waals surface area contributed by atoms with Gasteiger partial charge in [-0.1, -0.05) is 56.9 Å². The average molecular weight is 501 g/mol. The fraction of sp³-hybridized carbons (Fsp3) is 0.292. The van der Waals surface area contributed by atoms with Crippen LogP contribution in [-0.2, 0) is 14.9 Å². The molecule has 1 atom stereocenters. The number of benzene rings is 2. The maximum absolute atomic E-state index is 13.1. The molecule has 2 aromatic carbocycles. The maximum atomic E-state index is 13.1. The molecule has 1 heterocycles. The molecule has 1 aromatic heterocycles. The first-order valence-electron chi connectivity index (χ1n) is 11.2. The highest BCUT2D eigenvalue weighted by Gasteiger charge is 2.23. The van der Waals surface area contributed by atoms with Crippen molar-refractivity contribution < 1.29 is 27.7 Å². The van der Waals surface area contributed by atoms with Crippen LogP contribution < -0.4 is 10.6 Å². The van der Waals surface area contributed by atoms with Crippen LogP contribution >= 0.6 is 0 Å². The van der Waals surface area contributed by atoms with Crippen molar-refractivity contribution in [2.24, 2.45) is 0 Å². The second-order valence-electron chi connectivity index (χ2n) is 8.00. The lowest BCUT2D eigenvalue weighted by Crippen LogP contribution is -2.25. The molecule has 3 rings (SSSR count). The molecule has 0 saturated heterocycles. The number of anilines is 2. The van der Waals surface area contributed by atoms with E-state index in [1.807, 2.05) is 0 Å². The summed E-state index contributed by atoms with van der Waals surface area (Å²) in [4.78, 5) is 29.4. The molecule has 1 unspecified atom stereocenters. The first kappa shape index (κ1) is 25.9. The number of nitrogens with zero attached hydrogens (tertiary/aromatic N) is 2. The highest BCUT2D eigenvalue weighted by atomic mass is 32.2. The van der Waals surface area contributed by atoms with Crippen LogP contribution in [0.5, 0.6) is 5.75 Å². The lowest BCUT2D eigenvalue weighted by molar-refractivity contribution is -0.119. The summed E-state index contributed by atoms with van der Waals surface area (Å²) in [5.41, 5.74) is 0.0458. The molecule has 0 aliphatic heterocycles. The number of hydrogen-bond acceptors (Lipinski definition) is 6. The Bertz CT molecular complexity index is 1290. The number of aromatic nitrogens is 2. The number of nitrogens with one attached hydrogen (secondary N) is 2. The molecule has 10 nitrogen and oxygen atoms in total. The lowest BCUT2D eigenvalue weighted by atomic mass is 10.1. The van der Waals surface area contributed by atoms with Gasteiger partial charge in [-0.2, -0.15) is 8.42 Å². The van der Waals surface area contributed by atoms with Crippen molar-refractivity contribution in [1.29, 1.82) is 0 Å². The van der Waals surface area contributed by atoms with Gasteiger partial charge < -0.3 is 20.3 Å². The van der Waals surface area contributed by atoms with Gasteiger partial charge in [-0.05, 0) is 30.7 Å². The Morgan fingerprint density at radius 1 is 1.03 bits per heavy atom. The molecule has 0 aliphatic rings. The normalized spacial score (nSPS) is 12.2. The Morgan fingerprint density at radius 2 is 1.74 bits per heavy atom. The minimum absolute atomic E-state index is 0.0540. The molecule has 0 aliphatic carbocycles. The van der Waals surface area contributed by atoms with E-state index >= 15 is 0 Å². The third-order valence-electron chi connectivity index (χ3n) is 5.41. The van der Waals surface area contributed by atoms with Gasteiger partial charge in [0, 0.05) is 6.20 Å². The van der Waals surface area contributed by atoms with E-state index in [1.54, 1.807) is 22.8 Å². The summed E-state index contributed by atoms with van der Waals surface area (Å²) < 4.78 is 34.1. The van der Waals surface area contributed by atoms with Crippen LogP contribution in [0.3, 0.4) is 0 Å². The number of hydrogen-bond donors (Lipinski definition) is 4. The quantitative estimate of drug-likeness (QED) is 0.175. The summed E-state index contributed by atoms with van der Waals surface area (Å²) in [5, 5.41) is 15.2. The van der Waals surface area contributed by atoms with Crippen LogP contribution in [0.15, 0.2) is 66.0 Å². The number of para-hydroxylation sites is 2. The Hall–Kier alpha value is -3.70. The molecule has 0 bridgehead atoms. The van der Waals surface area contributed by atoms with E-state index in [0.717, 1.165) is 31.7 Å². The molecule has 35 heavy (non-hydrogen) atoms. The maximum Gasteiger partial charge on any atom is 0.295 e. The Kier molecular flexibility index (Phi) is 8.61. The summed E-state index contributed by atoms with van der Waals surface area (Å²) in [5.74, 6) is -1.08. The predicted molar refractivity (Wildman–Crippen MR) is 131 cm³/mol. The molecule has 4 N–H and O–H groups in total. The number of phenols is 1. The summed E-state index contributed by atoms with van der Waals surface area (Å²) in [6, 6.07) is 11.0. The zero-order chi connectivity index (χ0) is 25.4. The summed E-state index contributed by atoms with van der Waals surface area (Å²) >= 11 is 0. The largest absolute Gasteiger partial charge is 0.506 e. The van der Waals surface area contributed by atoms with E-state index in [2.05, 4.69) is 22.5 Å². The minimum Gasteiger partial charge on any atom is -0.506 e. The van der Waals surface area contributed by atoms with Crippen molar-refractivity contribution in [3.05, 3.63) is 66.6 Å². The van der Waals surface area contributed by atoms with E-state index in [9.17, 15) is 27.7 Å². The van der Waals surface area contributed by atoms with Crippen molar-refractivity contribution in [2.75, 3.05) is 10.6 Å². The highest BCUT2D eigenvalue weighted by Crippen LogP contribution is 2.26. The van der Waals surface area contributed by atoms with Crippen molar-refractivity contribution in [3.63, 3.8) is 0 Å². The fourth-order valence-electron chi connectivity index (χ4n) is 3.61. The summed E-state index contributed by atoms with van der Waals surface area (Å²) in [7, 11) is -4.60. The van der Waals surface area contributed by atoms with Crippen LogP contribution in [0.2, 0.25) is 0 Å². The van der Waals surface area contributed by atoms with Gasteiger partial charge in [0.15, 0.2) is 5.82 Å². The molecular weight excluding hydrogens is 472 g/mol. The van der Waals surface area contributed by atoms with Gasteiger partial charge in [0.2, 0.25) is 5.91 Å². The molecule has 2 amide bonds. The number of imidazole rings is 1. The first-order valence-corrected chi connectivity index (χ1v) is 12.6. The average Bonchev–Trinajstić information content (AvgIpc) is 3.27. The molecule has 0 fully saturated rings. The molecule has 3 aromatic rings. The van der Waals surface area contributed by atoms with Gasteiger partial charge in [0.05, 0.1) is 17.6 Å². The molecule has 11 heteroatoms. The van der Waals surface area contributed by atoms with E-state index in [0.29, 0.717) is 6.42 Å². The van der Waals surface area contributed by atoms with Crippen LogP contribution in [0.4, 0.5) is 11.5 Å². The van der Waals surface area contributed by atoms with E-state index in [-0.39, 0.29) is 28.7 Å². The molecule has 0 saturated carbocycles. The Labute approximate surface area is 203 Å². The van der Waals surface area contributed by atoms with Crippen molar-refractivity contribution in [1.82, 2.24) is 9.55 Å². The minimum atomic E-state index is -4.60. The zero-order valence-electron chi connectivity index (χ0n) is 19.2. The number of carbonyl (C=O) groups excluding carboxylic acids is 2. The second kappa shape index (κ2) is 11.6. The van der Waals surface area contributed by atoms with Crippen molar-refractivity contribution in [2.45, 2.75) is 50.0 Å². The van der Waals surface area contributed by atoms with Gasteiger partial charge >= 0.3 is 0 Å².